The molecule has 5 rings (SSSR count). The second-order valence-electron chi connectivity index (χ2n) is 7.84. The molecule has 0 bridgehead atoms. The molecule has 3 aromatic rings. The number of carbonyl (C=O) groups excluding carboxylic acids is 2. The molecular weight excluding hydrogens is 448 g/mol. The predicted molar refractivity (Wildman–Crippen MR) is 122 cm³/mol. The first-order valence-electron chi connectivity index (χ1n) is 10.5. The highest BCUT2D eigenvalue weighted by Crippen LogP contribution is 2.34. The lowest BCUT2D eigenvalue weighted by atomic mass is 9.98. The van der Waals surface area contributed by atoms with E-state index in [4.69, 9.17) is 9.47 Å². The molecule has 1 fully saturated rings. The maximum Gasteiger partial charge on any atom is 0.273 e. The number of rotatable bonds is 5. The summed E-state index contributed by atoms with van der Waals surface area (Å²) in [5.74, 6) is 0.707. The summed E-state index contributed by atoms with van der Waals surface area (Å²) in [5.41, 5.74) is 0.557. The van der Waals surface area contributed by atoms with Gasteiger partial charge in [-0.2, -0.15) is 4.98 Å². The molecule has 0 unspecified atom stereocenters. The largest absolute Gasteiger partial charge is 0.454 e. The molecule has 4 heterocycles. The molecule has 2 aliphatic rings. The van der Waals surface area contributed by atoms with Gasteiger partial charge in [0.2, 0.25) is 18.6 Å². The van der Waals surface area contributed by atoms with Crippen LogP contribution in [0.3, 0.4) is 0 Å². The summed E-state index contributed by atoms with van der Waals surface area (Å²) in [6.45, 7) is 1.27. The Morgan fingerprint density at radius 3 is 2.97 bits per heavy atom. The third-order valence-electron chi connectivity index (χ3n) is 5.65. The maximum absolute atomic E-state index is 13.0. The summed E-state index contributed by atoms with van der Waals surface area (Å²) in [6, 6.07) is 5.09. The number of hydrogen-bond acceptors (Lipinski definition) is 9. The van der Waals surface area contributed by atoms with Crippen molar-refractivity contribution in [2.75, 3.05) is 37.1 Å². The van der Waals surface area contributed by atoms with E-state index in [9.17, 15) is 14.4 Å². The normalized spacial score (nSPS) is 17.2. The standard InChI is InChI=1S/C21H22N6O5S/c1-22-19(29)12-3-2-6-26(8-12)21-25-18-17(33-21)20(30)27(10-23-18)9-16(28)24-13-4-5-14-15(7-13)32-11-31-14/h4-5,7,10,12H,2-3,6,8-9,11H2,1H3,(H,22,29)(H,24,28)/t12-/m1/s1. The number of fused-ring (bicyclic) bond motifs is 2. The van der Waals surface area contributed by atoms with Gasteiger partial charge < -0.3 is 25.0 Å². The van der Waals surface area contributed by atoms with Gasteiger partial charge in [-0.05, 0) is 25.0 Å². The molecule has 2 aromatic heterocycles. The molecule has 1 atom stereocenters. The highest BCUT2D eigenvalue weighted by Gasteiger charge is 2.27. The number of nitrogens with one attached hydrogen (secondary N) is 2. The van der Waals surface area contributed by atoms with Gasteiger partial charge in [-0.1, -0.05) is 11.3 Å². The Morgan fingerprint density at radius 1 is 1.27 bits per heavy atom. The summed E-state index contributed by atoms with van der Waals surface area (Å²) in [7, 11) is 1.63. The van der Waals surface area contributed by atoms with E-state index in [1.807, 2.05) is 4.90 Å². The van der Waals surface area contributed by atoms with Gasteiger partial charge in [-0.25, -0.2) is 4.98 Å². The van der Waals surface area contributed by atoms with E-state index < -0.39 is 0 Å². The third kappa shape index (κ3) is 4.21. The number of nitrogens with zero attached hydrogens (tertiary/aromatic N) is 4. The quantitative estimate of drug-likeness (QED) is 0.569. The molecule has 2 N–H and O–H groups in total. The van der Waals surface area contributed by atoms with E-state index in [0.717, 1.165) is 19.4 Å². The van der Waals surface area contributed by atoms with Gasteiger partial charge >= 0.3 is 0 Å². The number of thiazole rings is 1. The van der Waals surface area contributed by atoms with Crippen molar-refractivity contribution in [2.24, 2.45) is 5.92 Å². The third-order valence-corrected chi connectivity index (χ3v) is 6.75. The first-order valence-corrected chi connectivity index (χ1v) is 11.4. The Kier molecular flexibility index (Phi) is 5.58. The monoisotopic (exact) mass is 470 g/mol. The Bertz CT molecular complexity index is 1290. The Hall–Kier alpha value is -3.67. The summed E-state index contributed by atoms with van der Waals surface area (Å²) in [6.07, 6.45) is 3.02. The zero-order chi connectivity index (χ0) is 22.9. The second-order valence-corrected chi connectivity index (χ2v) is 8.82. The molecule has 33 heavy (non-hydrogen) atoms. The molecule has 0 radical (unpaired) electrons. The van der Waals surface area contributed by atoms with Gasteiger partial charge in [0, 0.05) is 31.9 Å². The van der Waals surface area contributed by atoms with Crippen molar-refractivity contribution in [3.63, 3.8) is 0 Å². The Labute approximate surface area is 192 Å². The van der Waals surface area contributed by atoms with E-state index in [-0.39, 0.29) is 36.6 Å². The summed E-state index contributed by atoms with van der Waals surface area (Å²) < 4.78 is 12.2. The molecule has 1 saturated heterocycles. The van der Waals surface area contributed by atoms with Gasteiger partial charge in [-0.3, -0.25) is 19.0 Å². The lowest BCUT2D eigenvalue weighted by Crippen LogP contribution is -2.42. The fourth-order valence-corrected chi connectivity index (χ4v) is 4.99. The van der Waals surface area contributed by atoms with E-state index in [0.29, 0.717) is 39.2 Å². The first kappa shape index (κ1) is 21.2. The van der Waals surface area contributed by atoms with Gasteiger partial charge in [0.25, 0.3) is 5.56 Å². The number of hydrogen-bond donors (Lipinski definition) is 2. The maximum atomic E-state index is 13.0. The van der Waals surface area contributed by atoms with Gasteiger partial charge in [0.1, 0.15) is 17.6 Å². The SMILES string of the molecule is CNC(=O)[C@@H]1CCCN(c2nc3ncn(CC(=O)Nc4ccc5c(c4)OCO5)c(=O)c3s2)C1. The molecular formula is C21H22N6O5S. The number of amides is 2. The van der Waals surface area contributed by atoms with E-state index in [1.165, 1.54) is 22.2 Å². The van der Waals surface area contributed by atoms with E-state index in [2.05, 4.69) is 20.6 Å². The molecule has 0 aliphatic carbocycles. The van der Waals surface area contributed by atoms with Crippen LogP contribution in [0.5, 0.6) is 11.5 Å². The molecule has 1 aromatic carbocycles. The highest BCUT2D eigenvalue weighted by atomic mass is 32.1. The fraction of sp³-hybridized carbons (Fsp3) is 0.381. The smallest absolute Gasteiger partial charge is 0.273 e. The van der Waals surface area contributed by atoms with Crippen LogP contribution >= 0.6 is 11.3 Å². The average molecular weight is 471 g/mol. The van der Waals surface area contributed by atoms with Gasteiger partial charge in [0.05, 0.1) is 5.92 Å². The van der Waals surface area contributed by atoms with Crippen molar-refractivity contribution in [1.29, 1.82) is 0 Å². The van der Waals surface area contributed by atoms with Gasteiger partial charge in [-0.15, -0.1) is 0 Å². The number of aromatic nitrogens is 3. The van der Waals surface area contributed by atoms with Crippen LogP contribution < -0.4 is 30.6 Å². The topological polar surface area (TPSA) is 128 Å². The van der Waals surface area contributed by atoms with Crippen molar-refractivity contribution in [3.8, 4) is 11.5 Å². The number of carbonyl (C=O) groups is 2. The van der Waals surface area contributed by atoms with Gasteiger partial charge in [0.15, 0.2) is 22.3 Å². The summed E-state index contributed by atoms with van der Waals surface area (Å²) in [4.78, 5) is 48.3. The number of anilines is 2. The van der Waals surface area contributed by atoms with Crippen LogP contribution in [-0.4, -0.2) is 53.3 Å². The van der Waals surface area contributed by atoms with Crippen molar-refractivity contribution < 1.29 is 19.1 Å². The lowest BCUT2D eigenvalue weighted by molar-refractivity contribution is -0.124. The van der Waals surface area contributed by atoms with Crippen LogP contribution in [0, 0.1) is 5.92 Å². The first-order chi connectivity index (χ1) is 16.0. The zero-order valence-corrected chi connectivity index (χ0v) is 18.7. The van der Waals surface area contributed by atoms with Crippen molar-refractivity contribution in [2.45, 2.75) is 19.4 Å². The molecule has 172 valence electrons. The number of ether oxygens (including phenoxy) is 2. The van der Waals surface area contributed by atoms with Crippen LogP contribution in [0.1, 0.15) is 12.8 Å². The molecule has 0 saturated carbocycles. The van der Waals surface area contributed by atoms with Crippen molar-refractivity contribution in [1.82, 2.24) is 19.9 Å². The van der Waals surface area contributed by atoms with Crippen LogP contribution in [0.25, 0.3) is 10.3 Å². The number of benzene rings is 1. The summed E-state index contributed by atoms with van der Waals surface area (Å²) >= 11 is 1.24. The molecule has 11 nitrogen and oxygen atoms in total. The highest BCUT2D eigenvalue weighted by molar-refractivity contribution is 7.22. The second kappa shape index (κ2) is 8.70. The van der Waals surface area contributed by atoms with Crippen LogP contribution in [0.15, 0.2) is 29.3 Å². The fourth-order valence-electron chi connectivity index (χ4n) is 3.98. The van der Waals surface area contributed by atoms with Crippen molar-refractivity contribution >= 4 is 44.3 Å². The minimum absolute atomic E-state index is 0.00904. The zero-order valence-electron chi connectivity index (χ0n) is 17.9. The van der Waals surface area contributed by atoms with Crippen molar-refractivity contribution in [3.05, 3.63) is 34.9 Å². The summed E-state index contributed by atoms with van der Waals surface area (Å²) in [5, 5.41) is 6.11. The molecule has 0 spiro atoms. The van der Waals surface area contributed by atoms with Crippen LogP contribution in [0.4, 0.5) is 10.8 Å². The molecule has 12 heteroatoms. The minimum atomic E-state index is -0.369. The van der Waals surface area contributed by atoms with E-state index >= 15 is 0 Å². The molecule has 2 amide bonds. The Balaban J connectivity index is 1.31. The lowest BCUT2D eigenvalue weighted by Gasteiger charge is -2.31. The van der Waals surface area contributed by atoms with E-state index in [1.54, 1.807) is 25.2 Å². The predicted octanol–water partition coefficient (Wildman–Crippen LogP) is 1.18. The Morgan fingerprint density at radius 2 is 2.12 bits per heavy atom. The number of piperidine rings is 1. The molecule has 2 aliphatic heterocycles. The average Bonchev–Trinajstić information content (AvgIpc) is 3.47. The minimum Gasteiger partial charge on any atom is -0.454 e. The van der Waals surface area contributed by atoms with Crippen LogP contribution in [0.2, 0.25) is 0 Å². The van der Waals surface area contributed by atoms with Crippen LogP contribution in [-0.2, 0) is 16.1 Å².